The number of methoxy groups -OCH3 is 2. The third-order valence-electron chi connectivity index (χ3n) is 4.17. The van der Waals surface area contributed by atoms with E-state index in [1.54, 1.807) is 25.1 Å². The highest BCUT2D eigenvalue weighted by Crippen LogP contribution is 2.29. The first-order valence-corrected chi connectivity index (χ1v) is 9.86. The molecule has 1 amide bonds. The maximum atomic E-state index is 13.0. The molecule has 0 saturated heterocycles. The molecule has 2 aromatic rings. The summed E-state index contributed by atoms with van der Waals surface area (Å²) in [6, 6.07) is 9.17. The van der Waals surface area contributed by atoms with Gasteiger partial charge in [0.05, 0.1) is 31.7 Å². The van der Waals surface area contributed by atoms with Gasteiger partial charge >= 0.3 is 0 Å². The van der Waals surface area contributed by atoms with Gasteiger partial charge in [-0.05, 0) is 49.4 Å². The van der Waals surface area contributed by atoms with Crippen LogP contribution in [0, 0.1) is 5.82 Å². The molecule has 0 unspecified atom stereocenters. The molecule has 7 nitrogen and oxygen atoms in total. The first-order chi connectivity index (χ1) is 13.2. The molecule has 0 aliphatic carbocycles. The fourth-order valence-electron chi connectivity index (χ4n) is 2.62. The van der Waals surface area contributed by atoms with Crippen LogP contribution in [0.3, 0.4) is 0 Å². The van der Waals surface area contributed by atoms with Crippen molar-refractivity contribution in [2.75, 3.05) is 27.8 Å². The van der Waals surface area contributed by atoms with Crippen LogP contribution in [-0.4, -0.2) is 46.4 Å². The van der Waals surface area contributed by atoms with Crippen molar-refractivity contribution in [2.24, 2.45) is 0 Å². The van der Waals surface area contributed by atoms with Crippen molar-refractivity contribution in [3.05, 3.63) is 53.8 Å². The summed E-state index contributed by atoms with van der Waals surface area (Å²) in [5, 5.41) is 2.75. The Kier molecular flexibility index (Phi) is 6.98. The molecule has 0 spiro atoms. The van der Waals surface area contributed by atoms with Crippen LogP contribution in [0.1, 0.15) is 18.5 Å². The van der Waals surface area contributed by atoms with Gasteiger partial charge in [0.1, 0.15) is 17.3 Å². The van der Waals surface area contributed by atoms with E-state index in [-0.39, 0.29) is 4.90 Å². The predicted molar refractivity (Wildman–Crippen MR) is 102 cm³/mol. The van der Waals surface area contributed by atoms with Crippen molar-refractivity contribution in [2.45, 2.75) is 17.9 Å². The summed E-state index contributed by atoms with van der Waals surface area (Å²) < 4.78 is 49.4. The van der Waals surface area contributed by atoms with Gasteiger partial charge in [-0.15, -0.1) is 0 Å². The Morgan fingerprint density at radius 1 is 1.14 bits per heavy atom. The monoisotopic (exact) mass is 410 g/mol. The molecule has 0 aliphatic rings. The van der Waals surface area contributed by atoms with E-state index >= 15 is 0 Å². The Morgan fingerprint density at radius 2 is 1.79 bits per heavy atom. The van der Waals surface area contributed by atoms with Gasteiger partial charge in [-0.1, -0.05) is 0 Å². The first-order valence-electron chi connectivity index (χ1n) is 8.42. The zero-order valence-electron chi connectivity index (χ0n) is 16.1. The highest BCUT2D eigenvalue weighted by atomic mass is 32.2. The van der Waals surface area contributed by atoms with Crippen molar-refractivity contribution in [3.8, 4) is 11.5 Å². The number of ether oxygens (including phenoxy) is 2. The molecule has 152 valence electrons. The van der Waals surface area contributed by atoms with Gasteiger partial charge in [0.2, 0.25) is 15.9 Å². The largest absolute Gasteiger partial charge is 0.497 e. The molecule has 0 saturated carbocycles. The van der Waals surface area contributed by atoms with Gasteiger partial charge in [0.15, 0.2) is 0 Å². The number of hydrogen-bond acceptors (Lipinski definition) is 5. The van der Waals surface area contributed by atoms with Crippen LogP contribution >= 0.6 is 0 Å². The zero-order valence-corrected chi connectivity index (χ0v) is 16.9. The van der Waals surface area contributed by atoms with Crippen molar-refractivity contribution in [3.63, 3.8) is 0 Å². The number of hydrogen-bond donors (Lipinski definition) is 1. The van der Waals surface area contributed by atoms with E-state index in [9.17, 15) is 17.6 Å². The molecular weight excluding hydrogens is 387 g/mol. The van der Waals surface area contributed by atoms with Gasteiger partial charge in [0, 0.05) is 12.6 Å². The average Bonchev–Trinajstić information content (AvgIpc) is 2.67. The first kappa shape index (κ1) is 21.6. The van der Waals surface area contributed by atoms with E-state index < -0.39 is 34.3 Å². The van der Waals surface area contributed by atoms with E-state index in [0.29, 0.717) is 17.1 Å². The molecule has 0 aromatic heterocycles. The smallest absolute Gasteiger partial charge is 0.243 e. The lowest BCUT2D eigenvalue weighted by Crippen LogP contribution is -2.39. The highest BCUT2D eigenvalue weighted by molar-refractivity contribution is 7.89. The molecule has 0 heterocycles. The van der Waals surface area contributed by atoms with E-state index in [2.05, 4.69) is 5.32 Å². The minimum Gasteiger partial charge on any atom is -0.497 e. The number of benzene rings is 2. The molecule has 1 atom stereocenters. The second-order valence-corrected chi connectivity index (χ2v) is 8.16. The van der Waals surface area contributed by atoms with Gasteiger partial charge in [-0.25, -0.2) is 12.8 Å². The maximum absolute atomic E-state index is 13.0. The Labute approximate surface area is 164 Å². The second-order valence-electron chi connectivity index (χ2n) is 6.11. The van der Waals surface area contributed by atoms with Crippen LogP contribution in [0.2, 0.25) is 0 Å². The Bertz CT molecular complexity index is 932. The molecule has 28 heavy (non-hydrogen) atoms. The topological polar surface area (TPSA) is 84.9 Å². The minimum atomic E-state index is -3.91. The lowest BCUT2D eigenvalue weighted by atomic mass is 10.1. The number of carbonyl (C=O) groups is 1. The SMILES string of the molecule is COc1ccc(OC)c([C@H](C)NC(=O)CN(C)S(=O)(=O)c2ccc(F)cc2)c1. The van der Waals surface area contributed by atoms with Crippen LogP contribution in [0.15, 0.2) is 47.4 Å². The van der Waals surface area contributed by atoms with Crippen LogP contribution in [0.25, 0.3) is 0 Å². The number of rotatable bonds is 8. The molecule has 0 radical (unpaired) electrons. The summed E-state index contributed by atoms with van der Waals surface area (Å²) in [6.45, 7) is 1.36. The number of amides is 1. The second kappa shape index (κ2) is 9.03. The van der Waals surface area contributed by atoms with Gasteiger partial charge in [-0.3, -0.25) is 4.79 Å². The average molecular weight is 410 g/mol. The summed E-state index contributed by atoms with van der Waals surface area (Å²) in [5.41, 5.74) is 0.694. The third-order valence-corrected chi connectivity index (χ3v) is 5.99. The van der Waals surface area contributed by atoms with Crippen molar-refractivity contribution >= 4 is 15.9 Å². The molecule has 0 aliphatic heterocycles. The lowest BCUT2D eigenvalue weighted by molar-refractivity contribution is -0.121. The van der Waals surface area contributed by atoms with Crippen molar-refractivity contribution in [1.29, 1.82) is 0 Å². The predicted octanol–water partition coefficient (Wildman–Crippen LogP) is 2.34. The number of halogens is 1. The third kappa shape index (κ3) is 4.99. The molecule has 9 heteroatoms. The number of sulfonamides is 1. The summed E-state index contributed by atoms with van der Waals surface area (Å²) in [4.78, 5) is 12.3. The molecule has 1 N–H and O–H groups in total. The van der Waals surface area contributed by atoms with Gasteiger partial charge in [-0.2, -0.15) is 4.31 Å². The zero-order chi connectivity index (χ0) is 20.9. The van der Waals surface area contributed by atoms with Gasteiger partial charge in [0.25, 0.3) is 0 Å². The summed E-state index contributed by atoms with van der Waals surface area (Å²) in [6.07, 6.45) is 0. The number of likely N-dealkylation sites (N-methyl/N-ethyl adjacent to an activating group) is 1. The molecular formula is C19H23FN2O5S. The fraction of sp³-hybridized carbons (Fsp3) is 0.316. The number of carbonyl (C=O) groups excluding carboxylic acids is 1. The molecule has 2 aromatic carbocycles. The number of nitrogens with zero attached hydrogens (tertiary/aromatic N) is 1. The normalized spacial score (nSPS) is 12.5. The summed E-state index contributed by atoms with van der Waals surface area (Å²) in [7, 11) is 0.422. The van der Waals surface area contributed by atoms with Crippen LogP contribution < -0.4 is 14.8 Å². The van der Waals surface area contributed by atoms with E-state index in [4.69, 9.17) is 9.47 Å². The maximum Gasteiger partial charge on any atom is 0.243 e. The van der Waals surface area contributed by atoms with E-state index in [0.717, 1.165) is 28.6 Å². The minimum absolute atomic E-state index is 0.0910. The molecule has 0 bridgehead atoms. The Balaban J connectivity index is 2.10. The van der Waals surface area contributed by atoms with Crippen LogP contribution in [0.4, 0.5) is 4.39 Å². The fourth-order valence-corrected chi connectivity index (χ4v) is 3.74. The molecule has 2 rings (SSSR count). The quantitative estimate of drug-likeness (QED) is 0.722. The summed E-state index contributed by atoms with van der Waals surface area (Å²) in [5.74, 6) is 0.139. The lowest BCUT2D eigenvalue weighted by Gasteiger charge is -2.21. The van der Waals surface area contributed by atoms with E-state index in [1.165, 1.54) is 21.3 Å². The van der Waals surface area contributed by atoms with Gasteiger partial charge < -0.3 is 14.8 Å². The number of nitrogens with one attached hydrogen (secondary N) is 1. The van der Waals surface area contributed by atoms with Crippen LogP contribution in [-0.2, 0) is 14.8 Å². The Morgan fingerprint density at radius 3 is 2.36 bits per heavy atom. The van der Waals surface area contributed by atoms with Crippen molar-refractivity contribution in [1.82, 2.24) is 9.62 Å². The van der Waals surface area contributed by atoms with Crippen molar-refractivity contribution < 1.29 is 27.1 Å². The highest BCUT2D eigenvalue weighted by Gasteiger charge is 2.24. The van der Waals surface area contributed by atoms with E-state index in [1.807, 2.05) is 0 Å². The van der Waals surface area contributed by atoms with Crippen LogP contribution in [0.5, 0.6) is 11.5 Å². The molecule has 0 fully saturated rings. The summed E-state index contributed by atoms with van der Waals surface area (Å²) >= 11 is 0. The Hall–Kier alpha value is -2.65. The standard InChI is InChI=1S/C19H23FN2O5S/c1-13(17-11-15(26-3)7-10-18(17)27-4)21-19(23)12-22(2)28(24,25)16-8-5-14(20)6-9-16/h5-11,13H,12H2,1-4H3,(H,21,23)/t13-/m0/s1.